The monoisotopic (exact) mass is 392 g/mol. The molecule has 0 radical (unpaired) electrons. The first kappa shape index (κ1) is 17.6. The zero-order valence-electron chi connectivity index (χ0n) is 15.4. The first-order valence-corrected chi connectivity index (χ1v) is 9.18. The summed E-state index contributed by atoms with van der Waals surface area (Å²) in [5.74, 6) is -2.54. The molecule has 4 heterocycles. The van der Waals surface area contributed by atoms with Crippen molar-refractivity contribution in [2.75, 3.05) is 0 Å². The Labute approximate surface area is 164 Å². The van der Waals surface area contributed by atoms with Crippen LogP contribution in [-0.4, -0.2) is 31.7 Å². The van der Waals surface area contributed by atoms with Crippen molar-refractivity contribution >= 4 is 22.8 Å². The highest BCUT2D eigenvalue weighted by atomic mass is 16.6. The van der Waals surface area contributed by atoms with Gasteiger partial charge in [-0.2, -0.15) is 0 Å². The molecule has 8 nitrogen and oxygen atoms in total. The van der Waals surface area contributed by atoms with E-state index in [0.717, 1.165) is 16.5 Å². The fourth-order valence-electron chi connectivity index (χ4n) is 4.17. The van der Waals surface area contributed by atoms with Gasteiger partial charge in [-0.3, -0.25) is 4.79 Å². The van der Waals surface area contributed by atoms with E-state index in [1.807, 2.05) is 30.3 Å². The Morgan fingerprint density at radius 2 is 2.07 bits per heavy atom. The van der Waals surface area contributed by atoms with Crippen LogP contribution in [0, 0.1) is 0 Å². The van der Waals surface area contributed by atoms with E-state index in [4.69, 9.17) is 4.74 Å². The Morgan fingerprint density at radius 3 is 2.79 bits per heavy atom. The number of carbonyl (C=O) groups excluding carboxylic acids is 1. The maximum Gasteiger partial charge on any atom is 0.350 e. The van der Waals surface area contributed by atoms with Gasteiger partial charge in [0.2, 0.25) is 6.10 Å². The Bertz CT molecular complexity index is 1290. The standard InChI is InChI=1S/C21H16N2O6/c1-2-21(28)12-8-14-16-11(7-10-5-3-4-6-13(10)22-16)9-23(14)18(24)15(12)17(19(25)26)29-20(21)27/h3-8,17,28H,2,9H2,1H3,(H,25,26)/t17?,21-/m0/s1. The lowest BCUT2D eigenvalue weighted by molar-refractivity contribution is -0.185. The summed E-state index contributed by atoms with van der Waals surface area (Å²) in [6.07, 6.45) is -1.82. The smallest absolute Gasteiger partial charge is 0.350 e. The topological polar surface area (TPSA) is 119 Å². The van der Waals surface area contributed by atoms with Gasteiger partial charge in [0.1, 0.15) is 0 Å². The molecule has 0 saturated carbocycles. The summed E-state index contributed by atoms with van der Waals surface area (Å²) in [5.41, 5.74) is -0.360. The number of carboxylic acid groups (broad SMARTS) is 1. The lowest BCUT2D eigenvalue weighted by Gasteiger charge is -2.34. The third-order valence-electron chi connectivity index (χ3n) is 5.72. The summed E-state index contributed by atoms with van der Waals surface area (Å²) >= 11 is 0. The molecule has 1 aromatic carbocycles. The Balaban J connectivity index is 1.83. The number of nitrogens with zero attached hydrogens (tertiary/aromatic N) is 2. The summed E-state index contributed by atoms with van der Waals surface area (Å²) in [7, 11) is 0. The molecular formula is C21H16N2O6. The number of hydrogen-bond acceptors (Lipinski definition) is 6. The molecule has 2 aromatic heterocycles. The minimum absolute atomic E-state index is 0.0253. The maximum absolute atomic E-state index is 13.3. The molecule has 8 heteroatoms. The molecule has 146 valence electrons. The minimum atomic E-state index is -2.09. The molecule has 3 aromatic rings. The van der Waals surface area contributed by atoms with Gasteiger partial charge in [0, 0.05) is 16.5 Å². The molecule has 2 aliphatic heterocycles. The lowest BCUT2D eigenvalue weighted by atomic mass is 9.83. The summed E-state index contributed by atoms with van der Waals surface area (Å²) in [6, 6.07) is 11.0. The third-order valence-corrected chi connectivity index (χ3v) is 5.72. The Hall–Kier alpha value is -3.52. The quantitative estimate of drug-likeness (QED) is 0.499. The number of aliphatic hydroxyl groups is 1. The largest absolute Gasteiger partial charge is 0.478 e. The molecule has 0 spiro atoms. The van der Waals surface area contributed by atoms with Crippen molar-refractivity contribution in [1.29, 1.82) is 0 Å². The number of cyclic esters (lactones) is 1. The fourth-order valence-corrected chi connectivity index (χ4v) is 4.17. The number of aromatic nitrogens is 2. The molecule has 0 amide bonds. The van der Waals surface area contributed by atoms with Crippen molar-refractivity contribution in [3.8, 4) is 11.4 Å². The predicted octanol–water partition coefficient (Wildman–Crippen LogP) is 1.71. The molecule has 5 rings (SSSR count). The zero-order valence-corrected chi connectivity index (χ0v) is 15.4. The van der Waals surface area contributed by atoms with E-state index in [1.54, 1.807) is 6.92 Å². The SMILES string of the molecule is CC[C@@]1(O)C(=O)OC(C(=O)O)c2c1cc1n(c2=O)Cc2cc3ccccc3nc2-1. The van der Waals surface area contributed by atoms with Gasteiger partial charge in [0.15, 0.2) is 5.60 Å². The van der Waals surface area contributed by atoms with Crippen molar-refractivity contribution in [2.45, 2.75) is 31.6 Å². The molecule has 29 heavy (non-hydrogen) atoms. The van der Waals surface area contributed by atoms with Crippen LogP contribution in [0.15, 0.2) is 41.2 Å². The molecule has 2 atom stereocenters. The van der Waals surface area contributed by atoms with Gasteiger partial charge >= 0.3 is 11.9 Å². The van der Waals surface area contributed by atoms with Crippen LogP contribution in [0.2, 0.25) is 0 Å². The van der Waals surface area contributed by atoms with E-state index in [-0.39, 0.29) is 24.1 Å². The van der Waals surface area contributed by atoms with Crippen molar-refractivity contribution in [3.05, 3.63) is 63.4 Å². The van der Waals surface area contributed by atoms with Gasteiger partial charge in [-0.25, -0.2) is 14.6 Å². The highest BCUT2D eigenvalue weighted by molar-refractivity contribution is 5.90. The van der Waals surface area contributed by atoms with Crippen molar-refractivity contribution in [3.63, 3.8) is 0 Å². The molecule has 0 fully saturated rings. The van der Waals surface area contributed by atoms with Crippen LogP contribution in [0.1, 0.15) is 36.1 Å². The van der Waals surface area contributed by atoms with Crippen molar-refractivity contribution in [1.82, 2.24) is 9.55 Å². The number of hydrogen-bond donors (Lipinski definition) is 2. The minimum Gasteiger partial charge on any atom is -0.478 e. The predicted molar refractivity (Wildman–Crippen MR) is 101 cm³/mol. The normalized spacial score (nSPS) is 22.0. The zero-order chi connectivity index (χ0) is 20.5. The fraction of sp³-hybridized carbons (Fsp3) is 0.238. The van der Waals surface area contributed by atoms with Gasteiger partial charge in [-0.15, -0.1) is 0 Å². The number of aliphatic carboxylic acids is 1. The molecule has 0 saturated heterocycles. The second-order valence-corrected chi connectivity index (χ2v) is 7.27. The summed E-state index contributed by atoms with van der Waals surface area (Å²) < 4.78 is 6.36. The molecule has 2 aliphatic rings. The maximum atomic E-state index is 13.3. The summed E-state index contributed by atoms with van der Waals surface area (Å²) in [5, 5.41) is 21.4. The van der Waals surface area contributed by atoms with Crippen molar-refractivity contribution < 1.29 is 24.5 Å². The average Bonchev–Trinajstić information content (AvgIpc) is 3.07. The lowest BCUT2D eigenvalue weighted by Crippen LogP contribution is -2.47. The number of benzene rings is 1. The van der Waals surface area contributed by atoms with Crippen LogP contribution in [0.4, 0.5) is 0 Å². The number of para-hydroxylation sites is 1. The number of fused-ring (bicyclic) bond motifs is 5. The average molecular weight is 392 g/mol. The first-order valence-electron chi connectivity index (χ1n) is 9.18. The number of rotatable bonds is 2. The van der Waals surface area contributed by atoms with Gasteiger partial charge in [-0.1, -0.05) is 25.1 Å². The van der Waals surface area contributed by atoms with E-state index in [2.05, 4.69) is 4.98 Å². The number of ether oxygens (including phenoxy) is 1. The van der Waals surface area contributed by atoms with Gasteiger partial charge in [0.25, 0.3) is 5.56 Å². The number of esters is 1. The summed E-state index contributed by atoms with van der Waals surface area (Å²) in [4.78, 5) is 42.0. The van der Waals surface area contributed by atoms with Crippen LogP contribution in [0.25, 0.3) is 22.3 Å². The second-order valence-electron chi connectivity index (χ2n) is 7.27. The van der Waals surface area contributed by atoms with E-state index in [1.165, 1.54) is 10.6 Å². The number of pyridine rings is 2. The van der Waals surface area contributed by atoms with E-state index in [0.29, 0.717) is 11.4 Å². The molecule has 1 unspecified atom stereocenters. The van der Waals surface area contributed by atoms with Gasteiger partial charge < -0.3 is 19.5 Å². The molecule has 2 N–H and O–H groups in total. The van der Waals surface area contributed by atoms with E-state index in [9.17, 15) is 24.6 Å². The highest BCUT2D eigenvalue weighted by Crippen LogP contribution is 2.41. The Morgan fingerprint density at radius 1 is 1.31 bits per heavy atom. The molecule has 0 bridgehead atoms. The van der Waals surface area contributed by atoms with Gasteiger partial charge in [-0.05, 0) is 24.6 Å². The number of carbonyl (C=O) groups is 2. The van der Waals surface area contributed by atoms with Crippen LogP contribution >= 0.6 is 0 Å². The van der Waals surface area contributed by atoms with E-state index >= 15 is 0 Å². The Kier molecular flexibility index (Phi) is 3.48. The van der Waals surface area contributed by atoms with Crippen molar-refractivity contribution in [2.24, 2.45) is 0 Å². The molecular weight excluding hydrogens is 376 g/mol. The second kappa shape index (κ2) is 5.74. The highest BCUT2D eigenvalue weighted by Gasteiger charge is 2.50. The number of carboxylic acids is 1. The van der Waals surface area contributed by atoms with Gasteiger partial charge in [0.05, 0.1) is 29.0 Å². The third kappa shape index (κ3) is 2.23. The van der Waals surface area contributed by atoms with Crippen LogP contribution < -0.4 is 5.56 Å². The molecule has 0 aliphatic carbocycles. The first-order chi connectivity index (χ1) is 13.8. The van der Waals surface area contributed by atoms with Crippen LogP contribution in [0.3, 0.4) is 0 Å². The van der Waals surface area contributed by atoms with Crippen LogP contribution in [0.5, 0.6) is 0 Å². The van der Waals surface area contributed by atoms with E-state index < -0.39 is 29.2 Å². The summed E-state index contributed by atoms with van der Waals surface area (Å²) in [6.45, 7) is 1.79. The van der Waals surface area contributed by atoms with Crippen LogP contribution in [-0.2, 0) is 26.5 Å².